The molecule has 0 aliphatic heterocycles. The van der Waals surface area contributed by atoms with E-state index in [1.54, 1.807) is 0 Å². The van der Waals surface area contributed by atoms with Gasteiger partial charge in [0.15, 0.2) is 0 Å². The van der Waals surface area contributed by atoms with Crippen LogP contribution >= 0.6 is 0 Å². The monoisotopic (exact) mass is 248 g/mol. The maximum absolute atomic E-state index is 13.2. The van der Waals surface area contributed by atoms with Crippen LogP contribution in [0.15, 0.2) is 18.2 Å². The van der Waals surface area contributed by atoms with Crippen LogP contribution in [-0.4, -0.2) is 4.92 Å². The van der Waals surface area contributed by atoms with Gasteiger partial charge in [0, 0.05) is 11.6 Å². The summed E-state index contributed by atoms with van der Waals surface area (Å²) in [6.45, 7) is 0. The molecule has 0 saturated heterocycles. The molecule has 1 aliphatic rings. The summed E-state index contributed by atoms with van der Waals surface area (Å²) < 4.78 is 13.2. The molecule has 0 amide bonds. The summed E-state index contributed by atoms with van der Waals surface area (Å²) in [6, 6.07) is 5.69. The van der Waals surface area contributed by atoms with Crippen molar-refractivity contribution in [3.05, 3.63) is 39.7 Å². The molecule has 1 aromatic rings. The highest BCUT2D eigenvalue weighted by Crippen LogP contribution is 2.41. The van der Waals surface area contributed by atoms with E-state index in [2.05, 4.69) is 6.07 Å². The summed E-state index contributed by atoms with van der Waals surface area (Å²) >= 11 is 0. The topological polar surface area (TPSA) is 66.9 Å². The smallest absolute Gasteiger partial charge is 0.258 e. The highest BCUT2D eigenvalue weighted by molar-refractivity contribution is 5.41. The van der Waals surface area contributed by atoms with Crippen molar-refractivity contribution in [2.45, 2.75) is 32.1 Å². The number of rotatable bonds is 3. The Labute approximate surface area is 104 Å². The molecule has 0 bridgehead atoms. The van der Waals surface area contributed by atoms with Crippen molar-refractivity contribution in [2.75, 3.05) is 0 Å². The molecule has 0 N–H and O–H groups in total. The fourth-order valence-corrected chi connectivity index (χ4v) is 2.62. The molecule has 4 nitrogen and oxygen atoms in total. The Kier molecular flexibility index (Phi) is 3.28. The lowest BCUT2D eigenvalue weighted by Gasteiger charge is -2.19. The Morgan fingerprint density at radius 3 is 2.67 bits per heavy atom. The van der Waals surface area contributed by atoms with E-state index in [0.717, 1.165) is 31.7 Å². The van der Waals surface area contributed by atoms with Gasteiger partial charge in [-0.05, 0) is 31.4 Å². The second-order valence-corrected chi connectivity index (χ2v) is 4.81. The summed E-state index contributed by atoms with van der Waals surface area (Å²) in [5.41, 5.74) is -0.333. The van der Waals surface area contributed by atoms with Gasteiger partial charge in [0.25, 0.3) is 5.69 Å². The minimum Gasteiger partial charge on any atom is -0.258 e. The van der Waals surface area contributed by atoms with Crippen molar-refractivity contribution in [2.24, 2.45) is 5.41 Å². The maximum Gasteiger partial charge on any atom is 0.272 e. The van der Waals surface area contributed by atoms with E-state index in [4.69, 9.17) is 0 Å². The second kappa shape index (κ2) is 4.73. The van der Waals surface area contributed by atoms with E-state index in [0.29, 0.717) is 5.56 Å². The zero-order chi connectivity index (χ0) is 13.2. The Balaban J connectivity index is 2.36. The van der Waals surface area contributed by atoms with Crippen LogP contribution in [0.25, 0.3) is 0 Å². The number of nitrogens with zero attached hydrogens (tertiary/aromatic N) is 2. The third-order valence-electron chi connectivity index (χ3n) is 3.56. The predicted molar refractivity (Wildman–Crippen MR) is 63.3 cm³/mol. The lowest BCUT2D eigenvalue weighted by molar-refractivity contribution is -0.385. The predicted octanol–water partition coefficient (Wildman–Crippen LogP) is 3.36. The molecule has 0 heterocycles. The van der Waals surface area contributed by atoms with Crippen molar-refractivity contribution in [3.63, 3.8) is 0 Å². The Bertz CT molecular complexity index is 516. The van der Waals surface area contributed by atoms with Gasteiger partial charge < -0.3 is 0 Å². The molecule has 0 aromatic heterocycles. The third kappa shape index (κ3) is 2.33. The van der Waals surface area contributed by atoms with Gasteiger partial charge in [-0.15, -0.1) is 0 Å². The van der Waals surface area contributed by atoms with Gasteiger partial charge in [-0.25, -0.2) is 4.39 Å². The van der Waals surface area contributed by atoms with Crippen LogP contribution in [0.2, 0.25) is 0 Å². The first-order chi connectivity index (χ1) is 8.56. The highest BCUT2D eigenvalue weighted by Gasteiger charge is 2.36. The van der Waals surface area contributed by atoms with Gasteiger partial charge in [-0.3, -0.25) is 10.1 Å². The minimum atomic E-state index is -0.557. The van der Waals surface area contributed by atoms with Crippen LogP contribution in [0.5, 0.6) is 0 Å². The fraction of sp³-hybridized carbons (Fsp3) is 0.462. The highest BCUT2D eigenvalue weighted by atomic mass is 19.1. The quantitative estimate of drug-likeness (QED) is 0.608. The van der Waals surface area contributed by atoms with Gasteiger partial charge in [-0.2, -0.15) is 5.26 Å². The van der Waals surface area contributed by atoms with Gasteiger partial charge >= 0.3 is 0 Å². The minimum absolute atomic E-state index is 0.0991. The van der Waals surface area contributed by atoms with Crippen LogP contribution in [-0.2, 0) is 6.42 Å². The first-order valence-electron chi connectivity index (χ1n) is 5.90. The molecule has 1 aromatic carbocycles. The molecule has 0 unspecified atom stereocenters. The average molecular weight is 248 g/mol. The normalized spacial score (nSPS) is 17.3. The molecule has 0 radical (unpaired) electrons. The summed E-state index contributed by atoms with van der Waals surface area (Å²) in [4.78, 5) is 10.4. The molecule has 0 atom stereocenters. The van der Waals surface area contributed by atoms with Crippen LogP contribution in [0.4, 0.5) is 10.1 Å². The van der Waals surface area contributed by atoms with E-state index < -0.39 is 16.2 Å². The lowest BCUT2D eigenvalue weighted by Crippen LogP contribution is -2.18. The van der Waals surface area contributed by atoms with E-state index in [1.165, 1.54) is 12.1 Å². The zero-order valence-corrected chi connectivity index (χ0v) is 9.86. The molecule has 2 rings (SSSR count). The van der Waals surface area contributed by atoms with Crippen molar-refractivity contribution < 1.29 is 9.31 Å². The van der Waals surface area contributed by atoms with Gasteiger partial charge in [0.05, 0.1) is 16.4 Å². The number of nitro groups is 1. The van der Waals surface area contributed by atoms with Crippen LogP contribution < -0.4 is 0 Å². The van der Waals surface area contributed by atoms with Crippen molar-refractivity contribution in [1.82, 2.24) is 0 Å². The van der Waals surface area contributed by atoms with Crippen LogP contribution in [0.3, 0.4) is 0 Å². The molecule has 0 spiro atoms. The number of nitro benzene ring substituents is 1. The van der Waals surface area contributed by atoms with Crippen LogP contribution in [0.1, 0.15) is 31.2 Å². The standard InChI is InChI=1S/C13H13FN2O2/c14-11-3-4-12(16(17)18)10(7-11)8-13(9-15)5-1-2-6-13/h3-4,7H,1-2,5-6,8H2. The van der Waals surface area contributed by atoms with E-state index in [1.807, 2.05) is 0 Å². The van der Waals surface area contributed by atoms with Crippen molar-refractivity contribution in [3.8, 4) is 6.07 Å². The maximum atomic E-state index is 13.2. The largest absolute Gasteiger partial charge is 0.272 e. The zero-order valence-electron chi connectivity index (χ0n) is 9.86. The van der Waals surface area contributed by atoms with E-state index >= 15 is 0 Å². The number of hydrogen-bond donors (Lipinski definition) is 0. The molecular formula is C13H13FN2O2. The Morgan fingerprint density at radius 1 is 1.44 bits per heavy atom. The summed E-state index contributed by atoms with van der Waals surface area (Å²) in [7, 11) is 0. The third-order valence-corrected chi connectivity index (χ3v) is 3.56. The molecule has 94 valence electrons. The molecule has 1 aliphatic carbocycles. The van der Waals surface area contributed by atoms with Crippen LogP contribution in [0, 0.1) is 32.7 Å². The van der Waals surface area contributed by atoms with Crippen molar-refractivity contribution in [1.29, 1.82) is 5.26 Å². The summed E-state index contributed by atoms with van der Waals surface area (Å²) in [6.07, 6.45) is 3.64. The van der Waals surface area contributed by atoms with E-state index in [-0.39, 0.29) is 12.1 Å². The molecule has 18 heavy (non-hydrogen) atoms. The first-order valence-corrected chi connectivity index (χ1v) is 5.90. The molecular weight excluding hydrogens is 235 g/mol. The lowest BCUT2D eigenvalue weighted by atomic mass is 9.81. The number of halogens is 1. The first kappa shape index (κ1) is 12.5. The van der Waals surface area contributed by atoms with E-state index in [9.17, 15) is 19.8 Å². The molecule has 1 saturated carbocycles. The average Bonchev–Trinajstić information content (AvgIpc) is 2.78. The van der Waals surface area contributed by atoms with Crippen molar-refractivity contribution >= 4 is 5.69 Å². The molecule has 1 fully saturated rings. The van der Waals surface area contributed by atoms with Gasteiger partial charge in [0.2, 0.25) is 0 Å². The Morgan fingerprint density at radius 2 is 2.11 bits per heavy atom. The summed E-state index contributed by atoms with van der Waals surface area (Å²) in [5.74, 6) is -0.498. The fourth-order valence-electron chi connectivity index (χ4n) is 2.62. The Hall–Kier alpha value is -1.96. The van der Waals surface area contributed by atoms with Gasteiger partial charge in [0.1, 0.15) is 5.82 Å². The molecule has 5 heteroatoms. The second-order valence-electron chi connectivity index (χ2n) is 4.81. The number of hydrogen-bond acceptors (Lipinski definition) is 3. The number of nitriles is 1. The SMILES string of the molecule is N#CC1(Cc2cc(F)ccc2[N+](=O)[O-])CCCC1. The van der Waals surface area contributed by atoms with Gasteiger partial charge in [-0.1, -0.05) is 12.8 Å². The number of benzene rings is 1. The summed E-state index contributed by atoms with van der Waals surface area (Å²) in [5, 5.41) is 20.2.